The summed E-state index contributed by atoms with van der Waals surface area (Å²) in [5.41, 5.74) is 2.89. The van der Waals surface area contributed by atoms with Gasteiger partial charge < -0.3 is 0 Å². The number of para-hydroxylation sites is 1. The van der Waals surface area contributed by atoms with Gasteiger partial charge in [0.15, 0.2) is 0 Å². The summed E-state index contributed by atoms with van der Waals surface area (Å²) >= 11 is -1.38. The Morgan fingerprint density at radius 1 is 0.952 bits per heavy atom. The molecule has 0 atom stereocenters. The topological polar surface area (TPSA) is 3.24 Å². The van der Waals surface area contributed by atoms with Gasteiger partial charge in [0.25, 0.3) is 0 Å². The summed E-state index contributed by atoms with van der Waals surface area (Å²) in [5, 5.41) is 0. The van der Waals surface area contributed by atoms with Crippen molar-refractivity contribution >= 4 is 5.69 Å². The van der Waals surface area contributed by atoms with Crippen molar-refractivity contribution in [3.8, 4) is 0 Å². The number of hydrogen-bond donors (Lipinski definition) is 0. The fraction of sp³-hybridized carbons (Fsp3) is 0.263. The minimum atomic E-state index is -1.38. The van der Waals surface area contributed by atoms with Crippen LogP contribution in [-0.4, -0.2) is 14.1 Å². The first kappa shape index (κ1) is 14.6. The third-order valence-corrected chi connectivity index (χ3v) is 8.88. The van der Waals surface area contributed by atoms with Gasteiger partial charge in [-0.15, -0.1) is 0 Å². The monoisotopic (exact) mass is 312 g/mol. The first-order valence-corrected chi connectivity index (χ1v) is 10.3. The summed E-state index contributed by atoms with van der Waals surface area (Å²) < 4.78 is 4.70. The summed E-state index contributed by atoms with van der Waals surface area (Å²) in [6, 6.07) is 8.88. The molecule has 2 aliphatic rings. The molecular formula is C19H22NTi. The van der Waals surface area contributed by atoms with Crippen LogP contribution in [0.5, 0.6) is 0 Å². The van der Waals surface area contributed by atoms with Crippen LogP contribution in [-0.2, 0) is 22.6 Å². The Balaban J connectivity index is 1.88. The molecule has 1 aromatic carbocycles. The maximum atomic E-state index is 2.38. The fourth-order valence-corrected chi connectivity index (χ4v) is 7.54. The summed E-state index contributed by atoms with van der Waals surface area (Å²) in [5.74, 6) is 0. The second-order valence-corrected chi connectivity index (χ2v) is 9.88. The Morgan fingerprint density at radius 2 is 1.57 bits per heavy atom. The average Bonchev–Trinajstić information content (AvgIpc) is 3.18. The van der Waals surface area contributed by atoms with Gasteiger partial charge in [0.2, 0.25) is 0 Å². The Hall–Kier alpha value is -1.31. The molecule has 0 unspecified atom stereocenters. The standard InChI is InChI=1S/C9H12N.2C5H5.Ti/c1-8-6-4-5-7-9(8)10(2)3;2*1-2-4-5-3-1;/h4-7H,1H2,2-3H3;2*1-3H,4H2;. The Morgan fingerprint density at radius 3 is 2.10 bits per heavy atom. The molecule has 0 N–H and O–H groups in total. The molecular weight excluding hydrogens is 290 g/mol. The number of benzene rings is 1. The predicted octanol–water partition coefficient (Wildman–Crippen LogP) is 4.56. The van der Waals surface area contributed by atoms with Gasteiger partial charge in [0.1, 0.15) is 0 Å². The van der Waals surface area contributed by atoms with Crippen LogP contribution in [0.4, 0.5) is 5.69 Å². The van der Waals surface area contributed by atoms with E-state index in [1.807, 2.05) is 0 Å². The molecule has 0 bridgehead atoms. The zero-order valence-electron chi connectivity index (χ0n) is 12.8. The molecule has 0 aromatic heterocycles. The second kappa shape index (κ2) is 6.64. The van der Waals surface area contributed by atoms with E-state index in [1.54, 1.807) is 7.76 Å². The zero-order chi connectivity index (χ0) is 14.7. The summed E-state index contributed by atoms with van der Waals surface area (Å²) in [6.45, 7) is 0. The molecule has 0 aliphatic heterocycles. The maximum absolute atomic E-state index is 2.38. The summed E-state index contributed by atoms with van der Waals surface area (Å²) in [4.78, 5) is 2.24. The van der Waals surface area contributed by atoms with Gasteiger partial charge in [-0.3, -0.25) is 0 Å². The van der Waals surface area contributed by atoms with Crippen LogP contribution in [0, 0.1) is 0 Å². The van der Waals surface area contributed by atoms with Gasteiger partial charge in [-0.05, 0) is 0 Å². The van der Waals surface area contributed by atoms with E-state index in [9.17, 15) is 0 Å². The summed E-state index contributed by atoms with van der Waals surface area (Å²) in [7, 11) is 4.29. The molecule has 1 nitrogen and oxygen atoms in total. The van der Waals surface area contributed by atoms with Gasteiger partial charge in [-0.2, -0.15) is 0 Å². The van der Waals surface area contributed by atoms with E-state index < -0.39 is 17.9 Å². The van der Waals surface area contributed by atoms with Crippen LogP contribution in [0.15, 0.2) is 68.5 Å². The van der Waals surface area contributed by atoms with Crippen LogP contribution in [0.25, 0.3) is 0 Å². The molecule has 3 rings (SSSR count). The minimum absolute atomic E-state index is 1.18. The molecule has 0 amide bonds. The van der Waals surface area contributed by atoms with E-state index in [-0.39, 0.29) is 0 Å². The molecule has 2 aliphatic carbocycles. The molecule has 0 saturated carbocycles. The third-order valence-electron chi connectivity index (χ3n) is 4.16. The van der Waals surface area contributed by atoms with Crippen molar-refractivity contribution in [2.24, 2.45) is 0 Å². The molecule has 0 saturated heterocycles. The van der Waals surface area contributed by atoms with E-state index in [0.29, 0.717) is 0 Å². The quantitative estimate of drug-likeness (QED) is 0.721. The molecule has 0 heterocycles. The Labute approximate surface area is 134 Å². The number of hydrogen-bond acceptors (Lipinski definition) is 1. The van der Waals surface area contributed by atoms with Crippen LogP contribution in [0.2, 0.25) is 0 Å². The van der Waals surface area contributed by atoms with Crippen molar-refractivity contribution in [2.45, 2.75) is 17.6 Å². The van der Waals surface area contributed by atoms with Gasteiger partial charge in [0, 0.05) is 0 Å². The molecule has 21 heavy (non-hydrogen) atoms. The van der Waals surface area contributed by atoms with E-state index in [1.165, 1.54) is 28.8 Å². The van der Waals surface area contributed by atoms with Crippen LogP contribution < -0.4 is 4.90 Å². The zero-order valence-corrected chi connectivity index (χ0v) is 14.4. The van der Waals surface area contributed by atoms with Crippen molar-refractivity contribution in [3.05, 3.63) is 74.0 Å². The van der Waals surface area contributed by atoms with E-state index in [0.717, 1.165) is 0 Å². The molecule has 107 valence electrons. The van der Waals surface area contributed by atoms with Crippen molar-refractivity contribution < 1.29 is 17.9 Å². The number of rotatable bonds is 5. The van der Waals surface area contributed by atoms with E-state index in [4.69, 9.17) is 0 Å². The SMILES string of the molecule is CN(C)c1ccccc1[CH2][Ti]([C]1=CC=CC1)[C]1=CC=CC1. The predicted molar refractivity (Wildman–Crippen MR) is 88.2 cm³/mol. The fourth-order valence-electron chi connectivity index (χ4n) is 3.06. The van der Waals surface area contributed by atoms with Crippen LogP contribution in [0.3, 0.4) is 0 Å². The van der Waals surface area contributed by atoms with Gasteiger partial charge in [-0.1, -0.05) is 0 Å². The first-order chi connectivity index (χ1) is 10.3. The normalized spacial score (nSPS) is 16.1. The number of allylic oxidation sites excluding steroid dienone is 8. The first-order valence-electron chi connectivity index (χ1n) is 7.59. The molecule has 1 aromatic rings. The van der Waals surface area contributed by atoms with E-state index in [2.05, 4.69) is 79.7 Å². The Kier molecular flexibility index (Phi) is 4.62. The van der Waals surface area contributed by atoms with Gasteiger partial charge >= 0.3 is 134 Å². The second-order valence-electron chi connectivity index (χ2n) is 5.83. The molecule has 0 spiro atoms. The number of anilines is 1. The van der Waals surface area contributed by atoms with E-state index >= 15 is 0 Å². The van der Waals surface area contributed by atoms with Gasteiger partial charge in [-0.25, -0.2) is 0 Å². The molecule has 0 radical (unpaired) electrons. The Bertz CT molecular complexity index is 605. The third kappa shape index (κ3) is 3.31. The van der Waals surface area contributed by atoms with Crippen LogP contribution >= 0.6 is 0 Å². The van der Waals surface area contributed by atoms with Crippen molar-refractivity contribution in [2.75, 3.05) is 19.0 Å². The molecule has 2 heteroatoms. The van der Waals surface area contributed by atoms with Crippen molar-refractivity contribution in [1.29, 1.82) is 0 Å². The number of nitrogens with zero attached hydrogens (tertiary/aromatic N) is 1. The van der Waals surface area contributed by atoms with Crippen molar-refractivity contribution in [3.63, 3.8) is 0 Å². The van der Waals surface area contributed by atoms with Crippen molar-refractivity contribution in [1.82, 2.24) is 0 Å². The summed E-state index contributed by atoms with van der Waals surface area (Å²) in [6.07, 6.45) is 16.2. The molecule has 0 fully saturated rings. The van der Waals surface area contributed by atoms with Crippen LogP contribution in [0.1, 0.15) is 18.4 Å². The van der Waals surface area contributed by atoms with Gasteiger partial charge in [0.05, 0.1) is 0 Å². The average molecular weight is 312 g/mol.